The Morgan fingerprint density at radius 2 is 2.21 bits per heavy atom. The van der Waals surface area contributed by atoms with Crippen molar-refractivity contribution in [3.8, 4) is 0 Å². The van der Waals surface area contributed by atoms with Crippen molar-refractivity contribution >= 4 is 34.4 Å². The van der Waals surface area contributed by atoms with Crippen LogP contribution in [0, 0.1) is 0 Å². The first kappa shape index (κ1) is 14.5. The summed E-state index contributed by atoms with van der Waals surface area (Å²) in [7, 11) is 0. The molecule has 1 saturated carbocycles. The zero-order valence-electron chi connectivity index (χ0n) is 11.3. The molecule has 1 fully saturated rings. The van der Waals surface area contributed by atoms with Gasteiger partial charge in [-0.2, -0.15) is 5.10 Å². The third-order valence-corrected chi connectivity index (χ3v) is 4.50. The summed E-state index contributed by atoms with van der Waals surface area (Å²) in [6, 6.07) is 4.66. The van der Waals surface area contributed by atoms with Crippen molar-refractivity contribution in [3.63, 3.8) is 0 Å². The molecule has 1 heterocycles. The van der Waals surface area contributed by atoms with Crippen LogP contribution in [0.5, 0.6) is 0 Å². The number of hydrogen-bond donors (Lipinski definition) is 2. The van der Waals surface area contributed by atoms with Gasteiger partial charge in [-0.1, -0.05) is 32.3 Å². The maximum Gasteiger partial charge on any atom is 0.187 e. The molecule has 0 unspecified atom stereocenters. The van der Waals surface area contributed by atoms with Crippen LogP contribution in [0.3, 0.4) is 0 Å². The molecule has 0 saturated heterocycles. The molecule has 0 bridgehead atoms. The fourth-order valence-electron chi connectivity index (χ4n) is 2.33. The fraction of sp³-hybridized carbons (Fsp3) is 0.571. The first-order valence-corrected chi connectivity index (χ1v) is 8.25. The van der Waals surface area contributed by atoms with Gasteiger partial charge in [0.15, 0.2) is 5.11 Å². The quantitative estimate of drug-likeness (QED) is 0.505. The first-order chi connectivity index (χ1) is 9.29. The monoisotopic (exact) mass is 295 g/mol. The molecule has 5 heteroatoms. The van der Waals surface area contributed by atoms with Gasteiger partial charge in [-0.15, -0.1) is 11.3 Å². The van der Waals surface area contributed by atoms with E-state index in [0.29, 0.717) is 11.2 Å². The minimum atomic E-state index is 0.524. The molecular formula is C14H21N3S2. The van der Waals surface area contributed by atoms with E-state index in [2.05, 4.69) is 34.2 Å². The zero-order chi connectivity index (χ0) is 13.5. The lowest BCUT2D eigenvalue weighted by molar-refractivity contribution is 0.412. The van der Waals surface area contributed by atoms with Gasteiger partial charge in [-0.25, -0.2) is 0 Å². The van der Waals surface area contributed by atoms with E-state index in [1.54, 1.807) is 11.3 Å². The molecular weight excluding hydrogens is 274 g/mol. The topological polar surface area (TPSA) is 36.4 Å². The van der Waals surface area contributed by atoms with E-state index in [9.17, 15) is 0 Å². The Morgan fingerprint density at radius 1 is 1.42 bits per heavy atom. The molecule has 1 aromatic heterocycles. The van der Waals surface area contributed by atoms with E-state index in [1.165, 1.54) is 37.0 Å². The maximum absolute atomic E-state index is 5.30. The Balaban J connectivity index is 1.84. The van der Waals surface area contributed by atoms with Crippen LogP contribution < -0.4 is 10.7 Å². The van der Waals surface area contributed by atoms with Gasteiger partial charge in [0.05, 0.1) is 10.6 Å². The van der Waals surface area contributed by atoms with Crippen LogP contribution in [0.1, 0.15) is 50.3 Å². The Kier molecular flexibility index (Phi) is 5.79. The average Bonchev–Trinajstić information content (AvgIpc) is 2.95. The summed E-state index contributed by atoms with van der Waals surface area (Å²) >= 11 is 7.01. The van der Waals surface area contributed by atoms with Crippen LogP contribution in [0.4, 0.5) is 0 Å². The third-order valence-electron chi connectivity index (χ3n) is 3.37. The predicted molar refractivity (Wildman–Crippen MR) is 86.9 cm³/mol. The number of nitrogens with zero attached hydrogens (tertiary/aromatic N) is 1. The summed E-state index contributed by atoms with van der Waals surface area (Å²) < 4.78 is 0. The molecule has 0 atom stereocenters. The smallest absolute Gasteiger partial charge is 0.187 e. The Labute approximate surface area is 124 Å². The number of nitrogens with one attached hydrogen (secondary N) is 2. The van der Waals surface area contributed by atoms with Crippen LogP contribution in [0.15, 0.2) is 22.6 Å². The van der Waals surface area contributed by atoms with E-state index in [1.807, 2.05) is 6.07 Å². The van der Waals surface area contributed by atoms with Gasteiger partial charge in [0, 0.05) is 6.04 Å². The van der Waals surface area contributed by atoms with Crippen molar-refractivity contribution < 1.29 is 0 Å². The molecule has 2 rings (SSSR count). The minimum Gasteiger partial charge on any atom is -0.359 e. The molecule has 0 aliphatic heterocycles. The zero-order valence-corrected chi connectivity index (χ0v) is 12.9. The summed E-state index contributed by atoms with van der Waals surface area (Å²) in [5, 5.41) is 10.5. The largest absolute Gasteiger partial charge is 0.359 e. The van der Waals surface area contributed by atoms with Gasteiger partial charge < -0.3 is 5.32 Å². The molecule has 1 aromatic rings. The number of thiocarbonyl (C=S) groups is 1. The number of rotatable bonds is 4. The summed E-state index contributed by atoms with van der Waals surface area (Å²) in [5.41, 5.74) is 4.04. The Morgan fingerprint density at radius 3 is 2.84 bits per heavy atom. The van der Waals surface area contributed by atoms with Crippen molar-refractivity contribution in [2.75, 3.05) is 0 Å². The second kappa shape index (κ2) is 7.60. The van der Waals surface area contributed by atoms with Crippen molar-refractivity contribution in [2.24, 2.45) is 5.10 Å². The predicted octanol–water partition coefficient (Wildman–Crippen LogP) is 3.66. The van der Waals surface area contributed by atoms with Gasteiger partial charge in [0.2, 0.25) is 0 Å². The van der Waals surface area contributed by atoms with Crippen LogP contribution in [0.25, 0.3) is 0 Å². The fourth-order valence-corrected chi connectivity index (χ4v) is 3.33. The van der Waals surface area contributed by atoms with E-state index < -0.39 is 0 Å². The highest BCUT2D eigenvalue weighted by atomic mass is 32.1. The highest BCUT2D eigenvalue weighted by Gasteiger charge is 2.13. The molecule has 0 aromatic carbocycles. The normalized spacial score (nSPS) is 17.2. The van der Waals surface area contributed by atoms with Gasteiger partial charge >= 0.3 is 0 Å². The third kappa shape index (κ3) is 4.58. The van der Waals surface area contributed by atoms with Crippen LogP contribution in [0.2, 0.25) is 0 Å². The van der Waals surface area contributed by atoms with Crippen LogP contribution >= 0.6 is 23.6 Å². The highest BCUT2D eigenvalue weighted by molar-refractivity contribution is 7.80. The molecule has 19 heavy (non-hydrogen) atoms. The van der Waals surface area contributed by atoms with Crippen molar-refractivity contribution in [1.82, 2.24) is 10.7 Å². The van der Waals surface area contributed by atoms with Crippen LogP contribution in [-0.2, 0) is 0 Å². The van der Waals surface area contributed by atoms with Crippen molar-refractivity contribution in [2.45, 2.75) is 51.5 Å². The molecule has 0 spiro atoms. The van der Waals surface area contributed by atoms with E-state index in [4.69, 9.17) is 12.2 Å². The summed E-state index contributed by atoms with van der Waals surface area (Å²) in [6.07, 6.45) is 7.31. The average molecular weight is 295 g/mol. The second-order valence-electron chi connectivity index (χ2n) is 4.81. The van der Waals surface area contributed by atoms with E-state index in [-0.39, 0.29) is 0 Å². The standard InChI is InChI=1S/C14H21N3S2/c1-2-12(13-9-6-10-19-13)16-17-14(18)15-11-7-4-3-5-8-11/h6,9-11H,2-5,7-8H2,1H3,(H2,15,17,18)/b16-12-. The summed E-state index contributed by atoms with van der Waals surface area (Å²) in [5.74, 6) is 0. The first-order valence-electron chi connectivity index (χ1n) is 6.96. The SMILES string of the molecule is CC/C(=N/NC(=S)NC1CCCCC1)c1cccs1. The van der Waals surface area contributed by atoms with E-state index in [0.717, 1.165) is 12.1 Å². The van der Waals surface area contributed by atoms with Gasteiger partial charge in [-0.3, -0.25) is 5.43 Å². The number of hydrazone groups is 1. The van der Waals surface area contributed by atoms with Crippen LogP contribution in [-0.4, -0.2) is 16.9 Å². The van der Waals surface area contributed by atoms with E-state index >= 15 is 0 Å². The van der Waals surface area contributed by atoms with Crippen molar-refractivity contribution in [3.05, 3.63) is 22.4 Å². The van der Waals surface area contributed by atoms with Gasteiger partial charge in [0.25, 0.3) is 0 Å². The molecule has 1 aliphatic rings. The summed E-state index contributed by atoms with van der Waals surface area (Å²) in [6.45, 7) is 2.11. The minimum absolute atomic E-state index is 0.524. The molecule has 0 radical (unpaired) electrons. The lowest BCUT2D eigenvalue weighted by Crippen LogP contribution is -2.41. The highest BCUT2D eigenvalue weighted by Crippen LogP contribution is 2.17. The number of hydrogen-bond acceptors (Lipinski definition) is 3. The number of thiophene rings is 1. The summed E-state index contributed by atoms with van der Waals surface area (Å²) in [4.78, 5) is 1.20. The van der Waals surface area contributed by atoms with Gasteiger partial charge in [0.1, 0.15) is 0 Å². The lowest BCUT2D eigenvalue weighted by atomic mass is 9.96. The lowest BCUT2D eigenvalue weighted by Gasteiger charge is -2.23. The molecule has 0 amide bonds. The molecule has 3 nitrogen and oxygen atoms in total. The Bertz CT molecular complexity index is 420. The second-order valence-corrected chi connectivity index (χ2v) is 6.17. The van der Waals surface area contributed by atoms with Gasteiger partial charge in [-0.05, 0) is 42.9 Å². The molecule has 1 aliphatic carbocycles. The molecule has 104 valence electrons. The Hall–Kier alpha value is -0.940. The maximum atomic E-state index is 5.30. The molecule has 2 N–H and O–H groups in total. The van der Waals surface area contributed by atoms with Crippen molar-refractivity contribution in [1.29, 1.82) is 0 Å².